The molecule has 1 saturated heterocycles. The fourth-order valence-electron chi connectivity index (χ4n) is 4.16. The van der Waals surface area contributed by atoms with Gasteiger partial charge in [-0.25, -0.2) is 0 Å². The molecule has 1 amide bonds. The summed E-state index contributed by atoms with van der Waals surface area (Å²) in [7, 11) is 1.67. The van der Waals surface area contributed by atoms with Gasteiger partial charge in [-0.1, -0.05) is 18.2 Å². The highest BCUT2D eigenvalue weighted by atomic mass is 32.1. The molecule has 2 aromatic heterocycles. The molecular weight excluding hydrogens is 368 g/mol. The van der Waals surface area contributed by atoms with Crippen LogP contribution in [0.5, 0.6) is 5.75 Å². The molecule has 0 N–H and O–H groups in total. The number of nitrogens with zero attached hydrogens (tertiary/aromatic N) is 2. The molecule has 146 valence electrons. The Balaban J connectivity index is 1.59. The van der Waals surface area contributed by atoms with E-state index >= 15 is 0 Å². The summed E-state index contributed by atoms with van der Waals surface area (Å²) in [5.74, 6) is 0.987. The molecule has 4 rings (SSSR count). The molecule has 0 bridgehead atoms. The average molecular weight is 395 g/mol. The summed E-state index contributed by atoms with van der Waals surface area (Å²) in [4.78, 5) is 16.8. The maximum atomic E-state index is 13.4. The Bertz CT molecular complexity index is 957. The van der Waals surface area contributed by atoms with Crippen molar-refractivity contribution in [1.82, 2.24) is 9.47 Å². The molecule has 1 aromatic carbocycles. The fraction of sp³-hybridized carbons (Fsp3) is 0.348. The summed E-state index contributed by atoms with van der Waals surface area (Å²) in [5.41, 5.74) is 4.19. The minimum Gasteiger partial charge on any atom is -0.497 e. The van der Waals surface area contributed by atoms with Crippen molar-refractivity contribution in [3.05, 3.63) is 75.2 Å². The van der Waals surface area contributed by atoms with Crippen LogP contribution in [0.4, 0.5) is 0 Å². The number of likely N-dealkylation sites (tertiary alicyclic amines) is 1. The first-order valence-corrected chi connectivity index (χ1v) is 10.6. The van der Waals surface area contributed by atoms with Gasteiger partial charge in [-0.2, -0.15) is 0 Å². The lowest BCUT2D eigenvalue weighted by molar-refractivity contribution is 0.0735. The number of carbonyl (C=O) groups excluding carboxylic acids is 1. The van der Waals surface area contributed by atoms with Crippen molar-refractivity contribution in [2.45, 2.75) is 39.3 Å². The number of hydrogen-bond acceptors (Lipinski definition) is 3. The second-order valence-corrected chi connectivity index (χ2v) is 8.41. The first-order valence-electron chi connectivity index (χ1n) is 9.72. The molecule has 0 saturated carbocycles. The monoisotopic (exact) mass is 394 g/mol. The van der Waals surface area contributed by atoms with Crippen LogP contribution >= 0.6 is 11.3 Å². The fourth-order valence-corrected chi connectivity index (χ4v) is 4.85. The normalized spacial score (nSPS) is 16.5. The van der Waals surface area contributed by atoms with Gasteiger partial charge in [-0.3, -0.25) is 4.79 Å². The number of benzene rings is 1. The second kappa shape index (κ2) is 7.84. The Morgan fingerprint density at radius 2 is 2.00 bits per heavy atom. The lowest BCUT2D eigenvalue weighted by Crippen LogP contribution is -2.30. The van der Waals surface area contributed by atoms with Crippen LogP contribution < -0.4 is 4.74 Å². The van der Waals surface area contributed by atoms with Crippen LogP contribution in [0, 0.1) is 13.8 Å². The third-order valence-electron chi connectivity index (χ3n) is 5.71. The number of thiophene rings is 1. The molecule has 1 aliphatic rings. The second-order valence-electron chi connectivity index (χ2n) is 7.38. The molecule has 0 radical (unpaired) electrons. The summed E-state index contributed by atoms with van der Waals surface area (Å²) < 4.78 is 7.52. The van der Waals surface area contributed by atoms with Crippen LogP contribution in [0.3, 0.4) is 0 Å². The topological polar surface area (TPSA) is 34.5 Å². The van der Waals surface area contributed by atoms with E-state index in [1.165, 1.54) is 10.4 Å². The quantitative estimate of drug-likeness (QED) is 0.596. The van der Waals surface area contributed by atoms with Crippen LogP contribution in [-0.2, 0) is 6.54 Å². The first kappa shape index (κ1) is 18.8. The molecule has 4 nitrogen and oxygen atoms in total. The number of hydrogen-bond donors (Lipinski definition) is 0. The van der Waals surface area contributed by atoms with Crippen molar-refractivity contribution in [1.29, 1.82) is 0 Å². The van der Waals surface area contributed by atoms with Gasteiger partial charge in [0.15, 0.2) is 0 Å². The summed E-state index contributed by atoms with van der Waals surface area (Å²) in [6, 6.07) is 14.5. The molecule has 1 unspecified atom stereocenters. The molecule has 28 heavy (non-hydrogen) atoms. The Morgan fingerprint density at radius 3 is 2.68 bits per heavy atom. The molecule has 1 aliphatic heterocycles. The van der Waals surface area contributed by atoms with Crippen LogP contribution in [0.1, 0.15) is 51.1 Å². The largest absolute Gasteiger partial charge is 0.497 e. The van der Waals surface area contributed by atoms with Gasteiger partial charge in [0.1, 0.15) is 5.75 Å². The molecule has 1 fully saturated rings. The summed E-state index contributed by atoms with van der Waals surface area (Å²) in [5, 5.41) is 2.10. The third kappa shape index (κ3) is 3.47. The molecule has 3 heterocycles. The van der Waals surface area contributed by atoms with Crippen LogP contribution in [0.15, 0.2) is 47.8 Å². The van der Waals surface area contributed by atoms with Crippen molar-refractivity contribution in [3.63, 3.8) is 0 Å². The van der Waals surface area contributed by atoms with E-state index in [0.29, 0.717) is 0 Å². The average Bonchev–Trinajstić information content (AvgIpc) is 3.45. The lowest BCUT2D eigenvalue weighted by atomic mass is 10.0. The SMILES string of the molecule is COc1ccc(C2CCCN2C(=O)c2cc(C)n(Cc3cccs3)c2C)cc1. The molecule has 0 aliphatic carbocycles. The number of carbonyl (C=O) groups is 1. The van der Waals surface area contributed by atoms with Gasteiger partial charge in [0.2, 0.25) is 0 Å². The van der Waals surface area contributed by atoms with Crippen LogP contribution in [0.2, 0.25) is 0 Å². The van der Waals surface area contributed by atoms with E-state index in [1.807, 2.05) is 17.0 Å². The van der Waals surface area contributed by atoms with E-state index in [2.05, 4.69) is 54.1 Å². The highest BCUT2D eigenvalue weighted by molar-refractivity contribution is 7.09. The number of ether oxygens (including phenoxy) is 1. The van der Waals surface area contributed by atoms with E-state index < -0.39 is 0 Å². The standard InChI is InChI=1S/C23H26N2O2S/c1-16-14-21(17(2)25(16)15-20-6-5-13-28-20)23(26)24-12-4-7-22(24)18-8-10-19(27-3)11-9-18/h5-6,8-11,13-14,22H,4,7,12,15H2,1-3H3. The summed E-state index contributed by atoms with van der Waals surface area (Å²) in [6.45, 7) is 5.78. The van der Waals surface area contributed by atoms with E-state index in [9.17, 15) is 4.79 Å². The Hall–Kier alpha value is -2.53. The van der Waals surface area contributed by atoms with Crippen LogP contribution in [-0.4, -0.2) is 29.0 Å². The minimum absolute atomic E-state index is 0.138. The van der Waals surface area contributed by atoms with E-state index in [0.717, 1.165) is 48.6 Å². The minimum atomic E-state index is 0.138. The predicted octanol–water partition coefficient (Wildman–Crippen LogP) is 5.20. The zero-order chi connectivity index (χ0) is 19.7. The number of amides is 1. The molecule has 1 atom stereocenters. The number of aromatic nitrogens is 1. The van der Waals surface area contributed by atoms with Gasteiger partial charge in [-0.15, -0.1) is 11.3 Å². The third-order valence-corrected chi connectivity index (χ3v) is 6.57. The van der Waals surface area contributed by atoms with Gasteiger partial charge in [-0.05, 0) is 61.9 Å². The van der Waals surface area contributed by atoms with Crippen molar-refractivity contribution in [3.8, 4) is 5.75 Å². The highest BCUT2D eigenvalue weighted by Gasteiger charge is 2.32. The maximum absolute atomic E-state index is 13.4. The number of aryl methyl sites for hydroxylation is 1. The van der Waals surface area contributed by atoms with E-state index in [1.54, 1.807) is 18.4 Å². The van der Waals surface area contributed by atoms with Crippen LogP contribution in [0.25, 0.3) is 0 Å². The highest BCUT2D eigenvalue weighted by Crippen LogP contribution is 2.34. The van der Waals surface area contributed by atoms with Gasteiger partial charge >= 0.3 is 0 Å². The molecule has 0 spiro atoms. The van der Waals surface area contributed by atoms with Crippen molar-refractivity contribution < 1.29 is 9.53 Å². The first-order chi connectivity index (χ1) is 13.6. The zero-order valence-corrected chi connectivity index (χ0v) is 17.5. The zero-order valence-electron chi connectivity index (χ0n) is 16.6. The Labute approximate surface area is 170 Å². The smallest absolute Gasteiger partial charge is 0.256 e. The van der Waals surface area contributed by atoms with Gasteiger partial charge < -0.3 is 14.2 Å². The van der Waals surface area contributed by atoms with E-state index in [4.69, 9.17) is 4.74 Å². The molecular formula is C23H26N2O2S. The Morgan fingerprint density at radius 1 is 1.21 bits per heavy atom. The van der Waals surface area contributed by atoms with E-state index in [-0.39, 0.29) is 11.9 Å². The van der Waals surface area contributed by atoms with Crippen molar-refractivity contribution in [2.24, 2.45) is 0 Å². The predicted molar refractivity (Wildman–Crippen MR) is 113 cm³/mol. The number of rotatable bonds is 5. The van der Waals surface area contributed by atoms with Gasteiger partial charge in [0, 0.05) is 22.8 Å². The Kier molecular flexibility index (Phi) is 5.27. The summed E-state index contributed by atoms with van der Waals surface area (Å²) >= 11 is 1.75. The lowest BCUT2D eigenvalue weighted by Gasteiger charge is -2.25. The maximum Gasteiger partial charge on any atom is 0.256 e. The molecule has 3 aromatic rings. The van der Waals surface area contributed by atoms with Gasteiger partial charge in [0.25, 0.3) is 5.91 Å². The molecule has 5 heteroatoms. The summed E-state index contributed by atoms with van der Waals surface area (Å²) in [6.07, 6.45) is 2.04. The van der Waals surface area contributed by atoms with Gasteiger partial charge in [0.05, 0.1) is 25.3 Å². The van der Waals surface area contributed by atoms with Crippen molar-refractivity contribution in [2.75, 3.05) is 13.7 Å². The van der Waals surface area contributed by atoms with Crippen molar-refractivity contribution >= 4 is 17.2 Å². The number of methoxy groups -OCH3 is 1.